The van der Waals surface area contributed by atoms with Crippen LogP contribution in [-0.4, -0.2) is 96.7 Å². The van der Waals surface area contributed by atoms with Crippen LogP contribution in [0.4, 0.5) is 0 Å². The Morgan fingerprint density at radius 3 is 0.657 bits per heavy atom. The van der Waals surface area contributed by atoms with E-state index < -0.39 is 97.5 Å². The molecule has 0 aromatic rings. The van der Waals surface area contributed by atoms with Gasteiger partial charge < -0.3 is 33.8 Å². The van der Waals surface area contributed by atoms with Crippen molar-refractivity contribution in [2.45, 2.75) is 485 Å². The Morgan fingerprint density at radius 1 is 0.259 bits per heavy atom. The molecule has 0 bridgehead atoms. The maximum Gasteiger partial charge on any atom is 0.472 e. The fourth-order valence-electron chi connectivity index (χ4n) is 13.8. The molecule has 642 valence electrons. The number of aliphatic hydroxyl groups is 1. The van der Waals surface area contributed by atoms with E-state index in [9.17, 15) is 43.2 Å². The molecule has 7 atom stereocenters. The summed E-state index contributed by atoms with van der Waals surface area (Å²) in [6.45, 7) is 14.4. The van der Waals surface area contributed by atoms with Crippen LogP contribution in [0.25, 0.3) is 0 Å². The van der Waals surface area contributed by atoms with Crippen LogP contribution in [0.15, 0.2) is 0 Å². The van der Waals surface area contributed by atoms with Crippen molar-refractivity contribution in [1.29, 1.82) is 0 Å². The second-order valence-electron chi connectivity index (χ2n) is 33.4. The zero-order valence-corrected chi connectivity index (χ0v) is 73.3. The van der Waals surface area contributed by atoms with Crippen LogP contribution >= 0.6 is 15.6 Å². The second kappa shape index (κ2) is 77.6. The van der Waals surface area contributed by atoms with E-state index in [1.165, 1.54) is 263 Å². The van der Waals surface area contributed by atoms with Gasteiger partial charge in [-0.15, -0.1) is 0 Å². The maximum absolute atomic E-state index is 13.2. The lowest BCUT2D eigenvalue weighted by molar-refractivity contribution is -0.161. The number of esters is 4. The van der Waals surface area contributed by atoms with E-state index in [0.29, 0.717) is 31.6 Å². The summed E-state index contributed by atoms with van der Waals surface area (Å²) in [6, 6.07) is 0. The first kappa shape index (κ1) is 106. The number of hydrogen-bond donors (Lipinski definition) is 3. The van der Waals surface area contributed by atoms with E-state index in [-0.39, 0.29) is 25.7 Å². The number of ether oxygens (including phenoxy) is 4. The molecule has 5 unspecified atom stereocenters. The standard InChI is InChI=1S/C89H174O17P2/c1-9-81(7)67-59-51-43-35-29-23-17-13-11-12-14-18-26-32-38-46-55-63-71-89(94)106-85(76-100-87(92)70-62-54-48-40-42-50-58-66-80(5)6)78-104-108(97,98)102-74-83(90)73-101-107(95,96)103-77-84(105-88(93)72-64-56-47-39-33-27-21-20-24-30-36-44-52-60-68-82(8)10-2)75-99-86(91)69-61-53-45-37-31-25-19-15-16-22-28-34-41-49-57-65-79(3)4/h79-85,90H,9-78H2,1-8H3,(H,95,96)(H,97,98)/t81?,82?,83?,84-,85-/m1/s1. The largest absolute Gasteiger partial charge is 0.472 e. The summed E-state index contributed by atoms with van der Waals surface area (Å²) in [6.07, 6.45) is 68.1. The molecule has 0 amide bonds. The van der Waals surface area contributed by atoms with Gasteiger partial charge in [-0.3, -0.25) is 37.3 Å². The number of unbranched alkanes of at least 4 members (excludes halogenated alkanes) is 50. The highest BCUT2D eigenvalue weighted by atomic mass is 31.2. The van der Waals surface area contributed by atoms with E-state index in [1.807, 2.05) is 0 Å². The molecule has 0 saturated carbocycles. The van der Waals surface area contributed by atoms with E-state index in [0.717, 1.165) is 114 Å². The number of rotatable bonds is 86. The lowest BCUT2D eigenvalue weighted by Gasteiger charge is -2.21. The molecule has 0 aliphatic rings. The summed E-state index contributed by atoms with van der Waals surface area (Å²) in [5.74, 6) is 1.12. The SMILES string of the molecule is CCC(C)CCCCCCCCCCCCCCCCCCCCC(=O)O[C@H](COC(=O)CCCCCCCCCC(C)C)COP(=O)(O)OCC(O)COP(=O)(O)OC[C@@H](COC(=O)CCCCCCCCCCCCCCCCCC(C)C)OC(=O)CCCCCCCCCCCCCCCCC(C)CC. The average molecular weight is 1580 g/mol. The van der Waals surface area contributed by atoms with Crippen molar-refractivity contribution in [1.82, 2.24) is 0 Å². The van der Waals surface area contributed by atoms with Crippen molar-refractivity contribution in [2.75, 3.05) is 39.6 Å². The highest BCUT2D eigenvalue weighted by Crippen LogP contribution is 2.45. The summed E-state index contributed by atoms with van der Waals surface area (Å²) in [7, 11) is -9.93. The third kappa shape index (κ3) is 79.3. The number of hydrogen-bond acceptors (Lipinski definition) is 15. The minimum atomic E-state index is -4.97. The van der Waals surface area contributed by atoms with Gasteiger partial charge in [-0.05, 0) is 49.4 Å². The smallest absolute Gasteiger partial charge is 0.462 e. The Kier molecular flexibility index (Phi) is 76.2. The van der Waals surface area contributed by atoms with E-state index in [1.54, 1.807) is 0 Å². The molecule has 0 aliphatic heterocycles. The quantitative estimate of drug-likeness (QED) is 0.0222. The summed E-state index contributed by atoms with van der Waals surface area (Å²) < 4.78 is 69.0. The molecule has 0 saturated heterocycles. The third-order valence-corrected chi connectivity index (χ3v) is 23.4. The van der Waals surface area contributed by atoms with Gasteiger partial charge in [0.1, 0.15) is 19.3 Å². The zero-order valence-electron chi connectivity index (χ0n) is 71.5. The van der Waals surface area contributed by atoms with E-state index >= 15 is 0 Å². The second-order valence-corrected chi connectivity index (χ2v) is 36.3. The van der Waals surface area contributed by atoms with Gasteiger partial charge in [0, 0.05) is 25.7 Å². The fourth-order valence-corrected chi connectivity index (χ4v) is 15.4. The first-order valence-electron chi connectivity index (χ1n) is 45.8. The van der Waals surface area contributed by atoms with Crippen LogP contribution in [-0.2, 0) is 65.4 Å². The van der Waals surface area contributed by atoms with Gasteiger partial charge in [-0.1, -0.05) is 415 Å². The van der Waals surface area contributed by atoms with Crippen LogP contribution in [0.1, 0.15) is 466 Å². The normalized spacial score (nSPS) is 14.4. The summed E-state index contributed by atoms with van der Waals surface area (Å²) >= 11 is 0. The zero-order chi connectivity index (χ0) is 79.5. The van der Waals surface area contributed by atoms with Crippen molar-refractivity contribution < 1.29 is 80.2 Å². The Bertz CT molecular complexity index is 2100. The predicted molar refractivity (Wildman–Crippen MR) is 446 cm³/mol. The summed E-state index contributed by atoms with van der Waals surface area (Å²) in [5.41, 5.74) is 0. The molecule has 0 aromatic heterocycles. The topological polar surface area (TPSA) is 237 Å². The first-order chi connectivity index (χ1) is 52.2. The minimum Gasteiger partial charge on any atom is -0.462 e. The molecule has 0 aromatic carbocycles. The van der Waals surface area contributed by atoms with Crippen molar-refractivity contribution in [3.8, 4) is 0 Å². The molecule has 0 aliphatic carbocycles. The molecule has 0 rings (SSSR count). The van der Waals surface area contributed by atoms with Gasteiger partial charge in [0.25, 0.3) is 0 Å². The molecule has 3 N–H and O–H groups in total. The van der Waals surface area contributed by atoms with Gasteiger partial charge >= 0.3 is 39.5 Å². The lowest BCUT2D eigenvalue weighted by Crippen LogP contribution is -2.30. The fraction of sp³-hybridized carbons (Fsp3) is 0.955. The summed E-state index contributed by atoms with van der Waals surface area (Å²) in [4.78, 5) is 73.3. The van der Waals surface area contributed by atoms with Gasteiger partial charge in [-0.25, -0.2) is 9.13 Å². The molecular formula is C89H174O17P2. The molecule has 19 heteroatoms. The highest BCUT2D eigenvalue weighted by molar-refractivity contribution is 7.47. The number of carbonyl (C=O) groups excluding carboxylic acids is 4. The summed E-state index contributed by atoms with van der Waals surface area (Å²) in [5, 5.41) is 10.7. The number of phosphoric ester groups is 2. The Hall–Kier alpha value is -1.94. The van der Waals surface area contributed by atoms with Crippen molar-refractivity contribution >= 4 is 39.5 Å². The van der Waals surface area contributed by atoms with Gasteiger partial charge in [-0.2, -0.15) is 0 Å². The third-order valence-electron chi connectivity index (χ3n) is 21.5. The van der Waals surface area contributed by atoms with Crippen LogP contribution in [0.2, 0.25) is 0 Å². The number of aliphatic hydroxyl groups excluding tert-OH is 1. The average Bonchev–Trinajstić information content (AvgIpc) is 0.909. The molecular weight excluding hydrogens is 1400 g/mol. The van der Waals surface area contributed by atoms with Crippen LogP contribution in [0, 0.1) is 23.7 Å². The monoisotopic (exact) mass is 1580 g/mol. The molecule has 108 heavy (non-hydrogen) atoms. The van der Waals surface area contributed by atoms with Crippen LogP contribution < -0.4 is 0 Å². The van der Waals surface area contributed by atoms with E-state index in [4.69, 9.17) is 37.0 Å². The first-order valence-corrected chi connectivity index (χ1v) is 48.8. The number of phosphoric acid groups is 2. The number of carbonyl (C=O) groups is 4. The van der Waals surface area contributed by atoms with Gasteiger partial charge in [0.05, 0.1) is 26.4 Å². The van der Waals surface area contributed by atoms with Crippen LogP contribution in [0.3, 0.4) is 0 Å². The van der Waals surface area contributed by atoms with Crippen molar-refractivity contribution in [3.05, 3.63) is 0 Å². The highest BCUT2D eigenvalue weighted by Gasteiger charge is 2.31. The van der Waals surface area contributed by atoms with Crippen molar-refractivity contribution in [2.24, 2.45) is 23.7 Å². The Labute approximate surface area is 664 Å². The minimum absolute atomic E-state index is 0.107. The van der Waals surface area contributed by atoms with Crippen molar-refractivity contribution in [3.63, 3.8) is 0 Å². The van der Waals surface area contributed by atoms with Gasteiger partial charge in [0.15, 0.2) is 12.2 Å². The molecule has 0 radical (unpaired) electrons. The molecule has 17 nitrogen and oxygen atoms in total. The Morgan fingerprint density at radius 2 is 0.444 bits per heavy atom. The molecule has 0 heterocycles. The lowest BCUT2D eigenvalue weighted by atomic mass is 9.99. The maximum atomic E-state index is 13.2. The molecule has 0 spiro atoms. The predicted octanol–water partition coefficient (Wildman–Crippen LogP) is 27.1. The molecule has 0 fully saturated rings. The van der Waals surface area contributed by atoms with Gasteiger partial charge in [0.2, 0.25) is 0 Å². The Balaban J connectivity index is 5.21. The van der Waals surface area contributed by atoms with E-state index in [2.05, 4.69) is 55.4 Å². The van der Waals surface area contributed by atoms with Crippen LogP contribution in [0.5, 0.6) is 0 Å².